The summed E-state index contributed by atoms with van der Waals surface area (Å²) >= 11 is 0. The molecule has 0 unspecified atom stereocenters. The zero-order chi connectivity index (χ0) is 21.0. The van der Waals surface area contributed by atoms with Crippen LogP contribution in [0.5, 0.6) is 5.75 Å². The van der Waals surface area contributed by atoms with Crippen molar-refractivity contribution in [2.45, 2.75) is 59.8 Å². The Bertz CT molecular complexity index is 1010. The van der Waals surface area contributed by atoms with E-state index in [-0.39, 0.29) is 0 Å². The number of fused-ring (bicyclic) bond motifs is 3. The van der Waals surface area contributed by atoms with Crippen LogP contribution in [-0.2, 0) is 4.79 Å². The van der Waals surface area contributed by atoms with E-state index in [1.165, 1.54) is 0 Å². The molecule has 1 aromatic carbocycles. The molecular weight excluding hydrogens is 366 g/mol. The largest absolute Gasteiger partial charge is 0.496 e. The van der Waals surface area contributed by atoms with Crippen LogP contribution >= 0.6 is 0 Å². The van der Waals surface area contributed by atoms with Crippen LogP contribution in [0.2, 0.25) is 0 Å². The van der Waals surface area contributed by atoms with Crippen molar-refractivity contribution in [3.8, 4) is 5.75 Å². The molecular formula is C22H31N5O2. The zero-order valence-corrected chi connectivity index (χ0v) is 18.1. The van der Waals surface area contributed by atoms with Gasteiger partial charge in [0.2, 0.25) is 5.65 Å². The fourth-order valence-electron chi connectivity index (χ4n) is 3.63. The number of carbonyl (C=O) groups is 1. The van der Waals surface area contributed by atoms with Crippen LogP contribution in [0.1, 0.15) is 57.3 Å². The lowest BCUT2D eigenvalue weighted by atomic mass is 10.0. The average molecular weight is 398 g/mol. The highest BCUT2D eigenvalue weighted by Gasteiger charge is 2.14. The number of methoxy groups -OCH3 is 1. The third-order valence-corrected chi connectivity index (χ3v) is 5.06. The second-order valence-corrected chi connectivity index (χ2v) is 8.05. The van der Waals surface area contributed by atoms with Crippen molar-refractivity contribution >= 4 is 28.3 Å². The number of benzene rings is 1. The molecule has 3 aromatic rings. The van der Waals surface area contributed by atoms with Crippen molar-refractivity contribution in [2.24, 2.45) is 5.92 Å². The van der Waals surface area contributed by atoms with Crippen LogP contribution in [0.4, 0.5) is 5.82 Å². The fourth-order valence-corrected chi connectivity index (χ4v) is 3.63. The van der Waals surface area contributed by atoms with Gasteiger partial charge in [0, 0.05) is 25.5 Å². The number of unbranched alkanes of at least 4 members (excludes halogenated alkanes) is 2. The van der Waals surface area contributed by atoms with Crippen molar-refractivity contribution in [2.75, 3.05) is 19.0 Å². The van der Waals surface area contributed by atoms with Crippen LogP contribution in [-0.4, -0.2) is 39.0 Å². The summed E-state index contributed by atoms with van der Waals surface area (Å²) in [5.41, 5.74) is 3.58. The number of ether oxygens (including phenoxy) is 1. The van der Waals surface area contributed by atoms with Gasteiger partial charge in [-0.25, -0.2) is 4.98 Å². The zero-order valence-electron chi connectivity index (χ0n) is 18.1. The smallest absolute Gasteiger partial charge is 0.204 e. The van der Waals surface area contributed by atoms with Crippen LogP contribution in [0.3, 0.4) is 0 Å². The van der Waals surface area contributed by atoms with Gasteiger partial charge in [-0.3, -0.25) is 9.20 Å². The first-order valence-electron chi connectivity index (χ1n) is 10.4. The maximum absolute atomic E-state index is 11.8. The number of hydrogen-bond donors (Lipinski definition) is 1. The summed E-state index contributed by atoms with van der Waals surface area (Å²) < 4.78 is 7.49. The molecule has 0 amide bonds. The van der Waals surface area contributed by atoms with E-state index in [1.807, 2.05) is 24.3 Å². The Labute approximate surface area is 171 Å². The Morgan fingerprint density at radius 1 is 1.17 bits per heavy atom. The Morgan fingerprint density at radius 2 is 1.97 bits per heavy atom. The van der Waals surface area contributed by atoms with E-state index in [1.54, 1.807) is 7.11 Å². The van der Waals surface area contributed by atoms with E-state index < -0.39 is 0 Å². The number of aryl methyl sites for hydroxylation is 2. The minimum atomic E-state index is 0.369. The molecule has 0 aliphatic carbocycles. The predicted octanol–water partition coefficient (Wildman–Crippen LogP) is 4.49. The number of Topliss-reactive ketones (excluding diaryl/α,β-unsaturated/α-hetero) is 1. The number of nitrogens with zero attached hydrogens (tertiary/aromatic N) is 4. The van der Waals surface area contributed by atoms with E-state index >= 15 is 0 Å². The molecule has 0 aliphatic rings. The Balaban J connectivity index is 1.69. The molecule has 3 rings (SSSR count). The Kier molecular flexibility index (Phi) is 6.67. The monoisotopic (exact) mass is 397 g/mol. The highest BCUT2D eigenvalue weighted by Crippen LogP contribution is 2.28. The molecule has 0 bridgehead atoms. The van der Waals surface area contributed by atoms with Gasteiger partial charge < -0.3 is 10.1 Å². The summed E-state index contributed by atoms with van der Waals surface area (Å²) in [4.78, 5) is 16.6. The van der Waals surface area contributed by atoms with Gasteiger partial charge in [-0.05, 0) is 44.2 Å². The molecule has 0 spiro atoms. The summed E-state index contributed by atoms with van der Waals surface area (Å²) in [5, 5.41) is 12.0. The van der Waals surface area contributed by atoms with Gasteiger partial charge in [-0.15, -0.1) is 10.2 Å². The van der Waals surface area contributed by atoms with Gasteiger partial charge in [0.15, 0.2) is 5.82 Å². The van der Waals surface area contributed by atoms with Crippen LogP contribution in [0, 0.1) is 19.8 Å². The molecule has 7 heteroatoms. The molecule has 29 heavy (non-hydrogen) atoms. The molecule has 1 N–H and O–H groups in total. The lowest BCUT2D eigenvalue weighted by Crippen LogP contribution is -2.08. The van der Waals surface area contributed by atoms with Crippen LogP contribution < -0.4 is 10.1 Å². The number of rotatable bonds is 10. The molecule has 0 aliphatic heterocycles. The summed E-state index contributed by atoms with van der Waals surface area (Å²) in [5.74, 6) is 3.17. The number of anilines is 1. The van der Waals surface area contributed by atoms with Crippen molar-refractivity contribution < 1.29 is 9.53 Å². The molecule has 156 valence electrons. The molecule has 0 saturated carbocycles. The average Bonchev–Trinajstić information content (AvgIpc) is 3.06. The van der Waals surface area contributed by atoms with Gasteiger partial charge in [-0.2, -0.15) is 0 Å². The molecule has 2 heterocycles. The van der Waals surface area contributed by atoms with Crippen molar-refractivity contribution in [3.05, 3.63) is 23.5 Å². The van der Waals surface area contributed by atoms with Gasteiger partial charge >= 0.3 is 0 Å². The minimum absolute atomic E-state index is 0.369. The lowest BCUT2D eigenvalue weighted by Gasteiger charge is -2.12. The second kappa shape index (κ2) is 9.20. The normalized spacial score (nSPS) is 11.5. The number of carbonyl (C=O) groups excluding carboxylic acids is 1. The molecule has 0 saturated heterocycles. The number of hydrogen-bond acceptors (Lipinski definition) is 6. The van der Waals surface area contributed by atoms with Gasteiger partial charge in [0.1, 0.15) is 17.4 Å². The first-order chi connectivity index (χ1) is 13.9. The molecule has 0 fully saturated rings. The highest BCUT2D eigenvalue weighted by atomic mass is 16.5. The Morgan fingerprint density at radius 3 is 2.69 bits per heavy atom. The molecule has 7 nitrogen and oxygen atoms in total. The summed E-state index contributed by atoms with van der Waals surface area (Å²) in [6, 6.07) is 4.01. The number of aromatic nitrogens is 4. The van der Waals surface area contributed by atoms with Gasteiger partial charge in [0.05, 0.1) is 18.1 Å². The van der Waals surface area contributed by atoms with Gasteiger partial charge in [0.25, 0.3) is 0 Å². The summed E-state index contributed by atoms with van der Waals surface area (Å²) in [6.45, 7) is 8.91. The fraction of sp³-hybridized carbons (Fsp3) is 0.545. The van der Waals surface area contributed by atoms with E-state index in [4.69, 9.17) is 9.72 Å². The third kappa shape index (κ3) is 4.83. The van der Waals surface area contributed by atoms with E-state index in [0.29, 0.717) is 24.5 Å². The first kappa shape index (κ1) is 21.0. The minimum Gasteiger partial charge on any atom is -0.496 e. The molecule has 2 aromatic heterocycles. The third-order valence-electron chi connectivity index (χ3n) is 5.06. The second-order valence-electron chi connectivity index (χ2n) is 8.05. The van der Waals surface area contributed by atoms with Crippen molar-refractivity contribution in [1.29, 1.82) is 0 Å². The van der Waals surface area contributed by atoms with Crippen molar-refractivity contribution in [3.63, 3.8) is 0 Å². The quantitative estimate of drug-likeness (QED) is 0.508. The van der Waals surface area contributed by atoms with E-state index in [0.717, 1.165) is 65.4 Å². The Hall–Kier alpha value is -2.70. The standard InChI is InChI=1S/C22H31N5O2/c1-14(2)11-17(28)9-7-6-8-10-23-21-22-26-25-16(4)27(22)19-12-15(3)20(29-5)13-18(19)24-21/h12-14H,6-11H2,1-5H3,(H,23,24). The first-order valence-corrected chi connectivity index (χ1v) is 10.4. The van der Waals surface area contributed by atoms with Gasteiger partial charge in [-0.1, -0.05) is 20.3 Å². The summed E-state index contributed by atoms with van der Waals surface area (Å²) in [6.07, 6.45) is 4.30. The molecule has 0 atom stereocenters. The van der Waals surface area contributed by atoms with E-state index in [9.17, 15) is 4.79 Å². The lowest BCUT2D eigenvalue weighted by molar-refractivity contribution is -0.119. The topological polar surface area (TPSA) is 81.4 Å². The number of nitrogens with one attached hydrogen (secondary N) is 1. The van der Waals surface area contributed by atoms with Crippen molar-refractivity contribution in [1.82, 2.24) is 19.6 Å². The van der Waals surface area contributed by atoms with E-state index in [2.05, 4.69) is 35.4 Å². The predicted molar refractivity (Wildman–Crippen MR) is 116 cm³/mol. The van der Waals surface area contributed by atoms with Crippen LogP contribution in [0.25, 0.3) is 16.7 Å². The number of ketones is 1. The van der Waals surface area contributed by atoms with Crippen LogP contribution in [0.15, 0.2) is 12.1 Å². The maximum Gasteiger partial charge on any atom is 0.204 e. The molecule has 0 radical (unpaired) electrons. The highest BCUT2D eigenvalue weighted by molar-refractivity contribution is 5.85. The summed E-state index contributed by atoms with van der Waals surface area (Å²) in [7, 11) is 1.67. The SMILES string of the molecule is COc1cc2nc(NCCCCCC(=O)CC(C)C)c3nnc(C)n3c2cc1C. The maximum atomic E-state index is 11.8.